The third kappa shape index (κ3) is 2.52. The van der Waals surface area contributed by atoms with Gasteiger partial charge in [0.2, 0.25) is 5.91 Å². The van der Waals surface area contributed by atoms with Crippen LogP contribution in [-0.2, 0) is 9.53 Å². The number of rotatable bonds is 3. The number of amides is 1. The summed E-state index contributed by atoms with van der Waals surface area (Å²) in [5.74, 6) is 0.713. The number of carbonyl (C=O) groups is 1. The van der Waals surface area contributed by atoms with Crippen LogP contribution in [0.4, 0.5) is 0 Å². The Hall–Kier alpha value is -1.92. The molecule has 1 N–H and O–H groups in total. The van der Waals surface area contributed by atoms with Crippen LogP contribution >= 0.6 is 11.3 Å². The lowest BCUT2D eigenvalue weighted by Crippen LogP contribution is -2.38. The number of aromatic nitrogens is 1. The summed E-state index contributed by atoms with van der Waals surface area (Å²) in [7, 11) is 1.64. The second kappa shape index (κ2) is 5.60. The van der Waals surface area contributed by atoms with Crippen molar-refractivity contribution in [1.29, 1.82) is 0 Å². The Balaban J connectivity index is 1.85. The smallest absolute Gasteiger partial charge is 0.246 e. The van der Waals surface area contributed by atoms with Gasteiger partial charge in [0, 0.05) is 10.9 Å². The summed E-state index contributed by atoms with van der Waals surface area (Å²) in [6.45, 7) is 0.561. The Morgan fingerprint density at radius 3 is 3.05 bits per heavy atom. The number of para-hydroxylation sites is 1. The van der Waals surface area contributed by atoms with Gasteiger partial charge in [0.25, 0.3) is 0 Å². The zero-order valence-corrected chi connectivity index (χ0v) is 11.8. The lowest BCUT2D eigenvalue weighted by atomic mass is 10.1. The summed E-state index contributed by atoms with van der Waals surface area (Å²) in [5, 5.41) is 5.63. The van der Waals surface area contributed by atoms with Gasteiger partial charge in [-0.3, -0.25) is 4.79 Å². The molecule has 5 nitrogen and oxygen atoms in total. The van der Waals surface area contributed by atoms with Crippen LogP contribution in [0.3, 0.4) is 0 Å². The molecule has 0 saturated carbocycles. The molecule has 2 heterocycles. The zero-order valence-electron chi connectivity index (χ0n) is 11.0. The molecule has 1 aromatic heterocycles. The Morgan fingerprint density at radius 1 is 1.45 bits per heavy atom. The second-order valence-electron chi connectivity index (χ2n) is 4.37. The molecule has 0 radical (unpaired) electrons. The van der Waals surface area contributed by atoms with Crippen molar-refractivity contribution in [3.63, 3.8) is 0 Å². The van der Waals surface area contributed by atoms with Gasteiger partial charge in [0.15, 0.2) is 0 Å². The normalized spacial score (nSPS) is 18.6. The molecule has 1 amide bonds. The average molecular weight is 290 g/mol. The van der Waals surface area contributed by atoms with E-state index in [9.17, 15) is 4.79 Å². The van der Waals surface area contributed by atoms with E-state index in [-0.39, 0.29) is 18.6 Å². The maximum absolute atomic E-state index is 11.1. The molecule has 1 fully saturated rings. The van der Waals surface area contributed by atoms with E-state index in [0.29, 0.717) is 6.54 Å². The van der Waals surface area contributed by atoms with E-state index in [1.54, 1.807) is 7.11 Å². The maximum Gasteiger partial charge on any atom is 0.246 e. The Labute approximate surface area is 120 Å². The van der Waals surface area contributed by atoms with Crippen LogP contribution < -0.4 is 10.1 Å². The van der Waals surface area contributed by atoms with Gasteiger partial charge in [0.05, 0.1) is 19.3 Å². The monoisotopic (exact) mass is 290 g/mol. The van der Waals surface area contributed by atoms with Crippen LogP contribution in [0.25, 0.3) is 11.3 Å². The highest BCUT2D eigenvalue weighted by Crippen LogP contribution is 2.32. The van der Waals surface area contributed by atoms with Crippen LogP contribution in [0.2, 0.25) is 0 Å². The first kappa shape index (κ1) is 13.1. The Kier molecular flexibility index (Phi) is 3.66. The fraction of sp³-hybridized carbons (Fsp3) is 0.286. The zero-order chi connectivity index (χ0) is 13.9. The summed E-state index contributed by atoms with van der Waals surface area (Å²) < 4.78 is 10.8. The molecule has 20 heavy (non-hydrogen) atoms. The van der Waals surface area contributed by atoms with Crippen molar-refractivity contribution >= 4 is 17.2 Å². The average Bonchev–Trinajstić information content (AvgIpc) is 2.97. The molecule has 0 spiro atoms. The topological polar surface area (TPSA) is 60.5 Å². The van der Waals surface area contributed by atoms with E-state index in [1.807, 2.05) is 29.6 Å². The molecular weight excluding hydrogens is 276 g/mol. The fourth-order valence-electron chi connectivity index (χ4n) is 2.07. The van der Waals surface area contributed by atoms with E-state index in [2.05, 4.69) is 10.3 Å². The largest absolute Gasteiger partial charge is 0.496 e. The van der Waals surface area contributed by atoms with E-state index in [4.69, 9.17) is 9.47 Å². The van der Waals surface area contributed by atoms with Crippen LogP contribution in [0.5, 0.6) is 5.75 Å². The minimum Gasteiger partial charge on any atom is -0.496 e. The minimum atomic E-state index is -0.166. The maximum atomic E-state index is 11.1. The van der Waals surface area contributed by atoms with Crippen molar-refractivity contribution in [3.05, 3.63) is 34.7 Å². The summed E-state index contributed by atoms with van der Waals surface area (Å²) in [6, 6.07) is 7.76. The van der Waals surface area contributed by atoms with Crippen molar-refractivity contribution in [2.75, 3.05) is 20.3 Å². The minimum absolute atomic E-state index is 0.0808. The molecule has 0 bridgehead atoms. The number of ether oxygens (including phenoxy) is 2. The molecule has 104 valence electrons. The van der Waals surface area contributed by atoms with E-state index in [1.165, 1.54) is 11.3 Å². The Bertz CT molecular complexity index is 616. The highest BCUT2D eigenvalue weighted by atomic mass is 32.1. The highest BCUT2D eigenvalue weighted by molar-refractivity contribution is 7.10. The molecule has 0 unspecified atom stereocenters. The van der Waals surface area contributed by atoms with Crippen molar-refractivity contribution in [3.8, 4) is 17.0 Å². The van der Waals surface area contributed by atoms with Gasteiger partial charge < -0.3 is 14.8 Å². The SMILES string of the molecule is COc1ccccc1-c1csc([C@H]2CNC(=O)CO2)n1. The summed E-state index contributed by atoms with van der Waals surface area (Å²) >= 11 is 1.53. The predicted molar refractivity (Wildman–Crippen MR) is 75.8 cm³/mol. The van der Waals surface area contributed by atoms with Gasteiger partial charge >= 0.3 is 0 Å². The van der Waals surface area contributed by atoms with Crippen LogP contribution in [0.1, 0.15) is 11.1 Å². The molecule has 1 atom stereocenters. The van der Waals surface area contributed by atoms with Crippen LogP contribution in [0.15, 0.2) is 29.6 Å². The molecule has 2 aromatic rings. The third-order valence-electron chi connectivity index (χ3n) is 3.08. The number of benzene rings is 1. The van der Waals surface area contributed by atoms with Gasteiger partial charge in [-0.25, -0.2) is 4.98 Å². The van der Waals surface area contributed by atoms with Crippen molar-refractivity contribution in [2.45, 2.75) is 6.10 Å². The highest BCUT2D eigenvalue weighted by Gasteiger charge is 2.23. The van der Waals surface area contributed by atoms with Gasteiger partial charge in [-0.05, 0) is 12.1 Å². The number of carbonyl (C=O) groups excluding carboxylic acids is 1. The number of nitrogens with zero attached hydrogens (tertiary/aromatic N) is 1. The number of hydrogen-bond acceptors (Lipinski definition) is 5. The third-order valence-corrected chi connectivity index (χ3v) is 4.02. The van der Waals surface area contributed by atoms with Crippen LogP contribution in [0, 0.1) is 0 Å². The van der Waals surface area contributed by atoms with Crippen molar-refractivity contribution in [1.82, 2.24) is 10.3 Å². The predicted octanol–water partition coefficient (Wildman–Crippen LogP) is 2.01. The molecular formula is C14H14N2O3S. The number of nitrogens with one attached hydrogen (secondary N) is 1. The van der Waals surface area contributed by atoms with Gasteiger partial charge in [-0.2, -0.15) is 0 Å². The summed E-state index contributed by atoms with van der Waals surface area (Å²) in [5.41, 5.74) is 1.82. The first-order valence-electron chi connectivity index (χ1n) is 6.25. The summed E-state index contributed by atoms with van der Waals surface area (Å²) in [4.78, 5) is 15.7. The molecule has 1 saturated heterocycles. The van der Waals surface area contributed by atoms with E-state index < -0.39 is 0 Å². The van der Waals surface area contributed by atoms with Crippen molar-refractivity contribution in [2.24, 2.45) is 0 Å². The first-order valence-corrected chi connectivity index (χ1v) is 7.13. The quantitative estimate of drug-likeness (QED) is 0.939. The molecule has 6 heteroatoms. The standard InChI is InChI=1S/C14H14N2O3S/c1-18-11-5-3-2-4-9(11)10-8-20-14(16-10)12-6-15-13(17)7-19-12/h2-5,8,12H,6-7H2,1H3,(H,15,17)/t12-/m1/s1. The fourth-order valence-corrected chi connectivity index (χ4v) is 2.93. The molecule has 1 aliphatic heterocycles. The van der Waals surface area contributed by atoms with E-state index >= 15 is 0 Å². The van der Waals surface area contributed by atoms with E-state index in [0.717, 1.165) is 22.0 Å². The molecule has 0 aliphatic carbocycles. The van der Waals surface area contributed by atoms with Gasteiger partial charge in [-0.1, -0.05) is 12.1 Å². The van der Waals surface area contributed by atoms with Gasteiger partial charge in [0.1, 0.15) is 23.5 Å². The summed E-state index contributed by atoms with van der Waals surface area (Å²) in [6.07, 6.45) is -0.166. The molecule has 1 aromatic carbocycles. The molecule has 1 aliphatic rings. The molecule has 3 rings (SSSR count). The number of morpholine rings is 1. The van der Waals surface area contributed by atoms with Crippen LogP contribution in [-0.4, -0.2) is 31.2 Å². The number of methoxy groups -OCH3 is 1. The van der Waals surface area contributed by atoms with Gasteiger partial charge in [-0.15, -0.1) is 11.3 Å². The lowest BCUT2D eigenvalue weighted by Gasteiger charge is -2.21. The van der Waals surface area contributed by atoms with Crippen molar-refractivity contribution < 1.29 is 14.3 Å². The number of hydrogen-bond donors (Lipinski definition) is 1. The first-order chi connectivity index (χ1) is 9.78. The Morgan fingerprint density at radius 2 is 2.30 bits per heavy atom. The lowest BCUT2D eigenvalue weighted by molar-refractivity contribution is -0.133. The number of thiazole rings is 1. The second-order valence-corrected chi connectivity index (χ2v) is 5.26.